The van der Waals surface area contributed by atoms with Gasteiger partial charge in [0, 0.05) is 17.9 Å². The van der Waals surface area contributed by atoms with E-state index in [1.54, 1.807) is 36.4 Å². The van der Waals surface area contributed by atoms with Gasteiger partial charge in [0.25, 0.3) is 11.8 Å². The number of aliphatic hydroxyl groups is 2. The van der Waals surface area contributed by atoms with Crippen LogP contribution in [0.25, 0.3) is 11.1 Å². The highest BCUT2D eigenvalue weighted by atomic mass is 16.5. The maximum absolute atomic E-state index is 12.3. The van der Waals surface area contributed by atoms with E-state index < -0.39 is 24.0 Å². The molecule has 2 aromatic carbocycles. The second-order valence-corrected chi connectivity index (χ2v) is 7.12. The lowest BCUT2D eigenvalue weighted by atomic mass is 10.0. The number of hydrogen-bond donors (Lipinski definition) is 7. The molecule has 0 saturated heterocycles. The minimum Gasteiger partial charge on any atom is -0.396 e. The summed E-state index contributed by atoms with van der Waals surface area (Å²) in [6.45, 7) is 2.11. The van der Waals surface area contributed by atoms with Crippen molar-refractivity contribution in [1.29, 1.82) is 0 Å². The van der Waals surface area contributed by atoms with Crippen LogP contribution in [0.1, 0.15) is 23.7 Å². The zero-order valence-corrected chi connectivity index (χ0v) is 17.7. The molecule has 0 radical (unpaired) electrons. The van der Waals surface area contributed by atoms with Gasteiger partial charge in [0.1, 0.15) is 6.04 Å². The van der Waals surface area contributed by atoms with Crippen LogP contribution < -0.4 is 21.4 Å². The third kappa shape index (κ3) is 7.43. The molecular formula is C22H28N4O6. The van der Waals surface area contributed by atoms with Crippen molar-refractivity contribution < 1.29 is 29.8 Å². The number of nitrogens with one attached hydrogen (secondary N) is 4. The molecule has 0 aliphatic rings. The number of benzene rings is 2. The van der Waals surface area contributed by atoms with Crippen LogP contribution in [0, 0.1) is 0 Å². The van der Waals surface area contributed by atoms with E-state index in [4.69, 9.17) is 10.3 Å². The molecule has 3 amide bonds. The third-order valence-electron chi connectivity index (χ3n) is 4.61. The Bertz CT molecular complexity index is 900. The van der Waals surface area contributed by atoms with Crippen LogP contribution in [-0.2, 0) is 9.59 Å². The lowest BCUT2D eigenvalue weighted by molar-refractivity contribution is -0.133. The van der Waals surface area contributed by atoms with Gasteiger partial charge < -0.3 is 26.2 Å². The number of carbonyl (C=O) groups excluding carboxylic acids is 3. The predicted molar refractivity (Wildman–Crippen MR) is 118 cm³/mol. The number of hydrogen-bond acceptors (Lipinski definition) is 7. The summed E-state index contributed by atoms with van der Waals surface area (Å²) in [5.74, 6) is -1.67. The summed E-state index contributed by atoms with van der Waals surface area (Å²) >= 11 is 0. The van der Waals surface area contributed by atoms with Crippen LogP contribution >= 0.6 is 0 Å². The second-order valence-electron chi connectivity index (χ2n) is 7.12. The fourth-order valence-electron chi connectivity index (χ4n) is 2.87. The number of amides is 3. The minimum absolute atomic E-state index is 0.0744. The third-order valence-corrected chi connectivity index (χ3v) is 4.61. The molecule has 2 rings (SSSR count). The van der Waals surface area contributed by atoms with Crippen molar-refractivity contribution in [2.75, 3.05) is 25.0 Å². The van der Waals surface area contributed by atoms with E-state index in [0.717, 1.165) is 11.1 Å². The molecule has 0 fully saturated rings. The summed E-state index contributed by atoms with van der Waals surface area (Å²) < 4.78 is 0. The van der Waals surface area contributed by atoms with Gasteiger partial charge in [0.2, 0.25) is 5.91 Å². The second kappa shape index (κ2) is 12.5. The fraction of sp³-hybridized carbons (Fsp3) is 0.318. The normalized spacial score (nSPS) is 12.5. The first-order valence-electron chi connectivity index (χ1n) is 10.1. The molecule has 10 nitrogen and oxygen atoms in total. The van der Waals surface area contributed by atoms with Gasteiger partial charge in [-0.25, -0.2) is 5.48 Å². The van der Waals surface area contributed by atoms with Gasteiger partial charge >= 0.3 is 0 Å². The quantitative estimate of drug-likeness (QED) is 0.149. The van der Waals surface area contributed by atoms with Crippen molar-refractivity contribution in [3.05, 3.63) is 54.1 Å². The number of aliphatic hydroxyl groups excluding tert-OH is 2. The van der Waals surface area contributed by atoms with Gasteiger partial charge in [-0.15, -0.1) is 0 Å². The van der Waals surface area contributed by atoms with Crippen LogP contribution in [0.5, 0.6) is 0 Å². The van der Waals surface area contributed by atoms with Crippen molar-refractivity contribution in [3.8, 4) is 11.1 Å². The lowest BCUT2D eigenvalue weighted by Crippen LogP contribution is -2.51. The first-order valence-corrected chi connectivity index (χ1v) is 10.1. The topological polar surface area (TPSA) is 160 Å². The summed E-state index contributed by atoms with van der Waals surface area (Å²) in [4.78, 5) is 35.8. The van der Waals surface area contributed by atoms with Gasteiger partial charge in [-0.3, -0.25) is 19.6 Å². The average molecular weight is 444 g/mol. The summed E-state index contributed by atoms with van der Waals surface area (Å²) in [6, 6.07) is 12.5. The Balaban J connectivity index is 1.96. The van der Waals surface area contributed by atoms with Crippen LogP contribution in [0.2, 0.25) is 0 Å². The summed E-state index contributed by atoms with van der Waals surface area (Å²) in [7, 11) is 0. The van der Waals surface area contributed by atoms with E-state index >= 15 is 0 Å². The molecule has 2 atom stereocenters. The van der Waals surface area contributed by atoms with Crippen molar-refractivity contribution in [1.82, 2.24) is 16.1 Å². The van der Waals surface area contributed by atoms with Crippen LogP contribution in [0.3, 0.4) is 0 Å². The lowest BCUT2D eigenvalue weighted by Gasteiger charge is -2.19. The standard InChI is InChI=1S/C22H28N4O6/c1-14(28)20(22(31)26-32)25-21(30)17-5-3-15(4-6-17)16-7-9-18(10-8-16)24-19(29)13-23-11-2-12-27/h3-10,14,20,23,27-28,32H,2,11-13H2,1H3,(H,24,29)(H,25,30)(H,26,31)/t14-,20+/m1/s1. The first kappa shape index (κ1) is 25.0. The van der Waals surface area contributed by atoms with Crippen LogP contribution in [-0.4, -0.2) is 65.0 Å². The molecule has 0 aliphatic carbocycles. The SMILES string of the molecule is C[C@@H](O)[C@H](NC(=O)c1ccc(-c2ccc(NC(=O)CNCCCO)cc2)cc1)C(=O)NO. The van der Waals surface area contributed by atoms with E-state index in [9.17, 15) is 19.5 Å². The average Bonchev–Trinajstić information content (AvgIpc) is 2.80. The molecule has 0 bridgehead atoms. The maximum atomic E-state index is 12.3. The molecule has 10 heteroatoms. The van der Waals surface area contributed by atoms with Crippen molar-refractivity contribution in [3.63, 3.8) is 0 Å². The van der Waals surface area contributed by atoms with Gasteiger partial charge in [0.05, 0.1) is 12.6 Å². The first-order chi connectivity index (χ1) is 15.3. The fourth-order valence-corrected chi connectivity index (χ4v) is 2.87. The van der Waals surface area contributed by atoms with Crippen LogP contribution in [0.15, 0.2) is 48.5 Å². The van der Waals surface area contributed by atoms with Gasteiger partial charge in [-0.1, -0.05) is 24.3 Å². The Hall–Kier alpha value is -3.31. The molecule has 0 aliphatic heterocycles. The molecule has 0 saturated carbocycles. The van der Waals surface area contributed by atoms with Gasteiger partial charge in [0.15, 0.2) is 0 Å². The summed E-state index contributed by atoms with van der Waals surface area (Å²) in [5.41, 5.74) is 4.05. The summed E-state index contributed by atoms with van der Waals surface area (Å²) in [6.07, 6.45) is -0.609. The van der Waals surface area contributed by atoms with E-state index in [2.05, 4.69) is 16.0 Å². The number of carbonyl (C=O) groups is 3. The molecule has 0 aromatic heterocycles. The predicted octanol–water partition coefficient (Wildman–Crippen LogP) is 0.249. The molecule has 0 heterocycles. The van der Waals surface area contributed by atoms with Gasteiger partial charge in [-0.05, 0) is 55.3 Å². The highest BCUT2D eigenvalue weighted by Gasteiger charge is 2.25. The van der Waals surface area contributed by atoms with E-state index in [1.807, 2.05) is 12.1 Å². The number of anilines is 1. The monoisotopic (exact) mass is 444 g/mol. The van der Waals surface area contributed by atoms with Crippen molar-refractivity contribution >= 4 is 23.4 Å². The zero-order chi connectivity index (χ0) is 23.5. The Morgan fingerprint density at radius 2 is 1.56 bits per heavy atom. The molecule has 172 valence electrons. The molecule has 2 aromatic rings. The van der Waals surface area contributed by atoms with E-state index in [-0.39, 0.29) is 24.6 Å². The Morgan fingerprint density at radius 3 is 2.09 bits per heavy atom. The Labute approximate surface area is 185 Å². The summed E-state index contributed by atoms with van der Waals surface area (Å²) in [5, 5.41) is 35.1. The van der Waals surface area contributed by atoms with Crippen molar-refractivity contribution in [2.45, 2.75) is 25.5 Å². The molecular weight excluding hydrogens is 416 g/mol. The molecule has 0 unspecified atom stereocenters. The van der Waals surface area contributed by atoms with Crippen LogP contribution in [0.4, 0.5) is 5.69 Å². The molecule has 32 heavy (non-hydrogen) atoms. The minimum atomic E-state index is -1.29. The Morgan fingerprint density at radius 1 is 0.969 bits per heavy atom. The maximum Gasteiger partial charge on any atom is 0.268 e. The molecule has 0 spiro atoms. The van der Waals surface area contributed by atoms with Gasteiger partial charge in [-0.2, -0.15) is 0 Å². The highest BCUT2D eigenvalue weighted by molar-refractivity contribution is 5.98. The van der Waals surface area contributed by atoms with Crippen molar-refractivity contribution in [2.24, 2.45) is 0 Å². The Kier molecular flexibility index (Phi) is 9.76. The number of hydroxylamine groups is 1. The molecule has 7 N–H and O–H groups in total. The largest absolute Gasteiger partial charge is 0.396 e. The smallest absolute Gasteiger partial charge is 0.268 e. The van der Waals surface area contributed by atoms with E-state index in [0.29, 0.717) is 18.7 Å². The highest BCUT2D eigenvalue weighted by Crippen LogP contribution is 2.22. The van der Waals surface area contributed by atoms with E-state index in [1.165, 1.54) is 12.4 Å². The zero-order valence-electron chi connectivity index (χ0n) is 17.7. The number of rotatable bonds is 11.